The zero-order valence-corrected chi connectivity index (χ0v) is 10.1. The number of urea groups is 1. The molecule has 3 rings (SSSR count). The van der Waals surface area contributed by atoms with Crippen LogP contribution in [0.5, 0.6) is 0 Å². The highest BCUT2D eigenvalue weighted by Crippen LogP contribution is 2.20. The van der Waals surface area contributed by atoms with Crippen molar-refractivity contribution in [2.45, 2.75) is 25.8 Å². The van der Waals surface area contributed by atoms with Gasteiger partial charge in [-0.15, -0.1) is 0 Å². The molecule has 0 bridgehead atoms. The van der Waals surface area contributed by atoms with Crippen molar-refractivity contribution in [2.24, 2.45) is 0 Å². The molecule has 2 amide bonds. The Kier molecular flexibility index (Phi) is 2.75. The van der Waals surface area contributed by atoms with Crippen molar-refractivity contribution < 1.29 is 4.79 Å². The van der Waals surface area contributed by atoms with Crippen LogP contribution in [0.4, 0.5) is 4.79 Å². The molecule has 3 nitrogen and oxygen atoms in total. The molecule has 1 fully saturated rings. The first-order valence-corrected chi connectivity index (χ1v) is 6.45. The van der Waals surface area contributed by atoms with Gasteiger partial charge in [0, 0.05) is 26.2 Å². The molecule has 1 aromatic carbocycles. The average molecular weight is 230 g/mol. The van der Waals surface area contributed by atoms with E-state index in [0.29, 0.717) is 0 Å². The van der Waals surface area contributed by atoms with Crippen LogP contribution >= 0.6 is 0 Å². The molecule has 0 unspecified atom stereocenters. The Morgan fingerprint density at radius 1 is 0.941 bits per heavy atom. The van der Waals surface area contributed by atoms with Crippen molar-refractivity contribution in [1.29, 1.82) is 0 Å². The van der Waals surface area contributed by atoms with Crippen molar-refractivity contribution in [3.8, 4) is 0 Å². The topological polar surface area (TPSA) is 23.6 Å². The second-order valence-electron chi connectivity index (χ2n) is 4.92. The Balaban J connectivity index is 1.73. The zero-order valence-electron chi connectivity index (χ0n) is 10.1. The molecule has 1 saturated heterocycles. The molecule has 90 valence electrons. The predicted octanol–water partition coefficient (Wildman–Crippen LogP) is 2.26. The lowest BCUT2D eigenvalue weighted by molar-refractivity contribution is 0.157. The number of hydrogen-bond acceptors (Lipinski definition) is 1. The Hall–Kier alpha value is -1.51. The zero-order chi connectivity index (χ0) is 11.7. The van der Waals surface area contributed by atoms with E-state index in [-0.39, 0.29) is 6.03 Å². The first-order valence-electron chi connectivity index (χ1n) is 6.45. The van der Waals surface area contributed by atoms with Crippen molar-refractivity contribution in [3.05, 3.63) is 35.4 Å². The van der Waals surface area contributed by atoms with Crippen LogP contribution in [-0.4, -0.2) is 35.5 Å². The second-order valence-corrected chi connectivity index (χ2v) is 4.92. The minimum Gasteiger partial charge on any atom is -0.325 e. The maximum absolute atomic E-state index is 12.3. The number of amides is 2. The largest absolute Gasteiger partial charge is 0.325 e. The Morgan fingerprint density at radius 3 is 2.41 bits per heavy atom. The van der Waals surface area contributed by atoms with Crippen LogP contribution < -0.4 is 0 Å². The molecule has 0 saturated carbocycles. The fourth-order valence-corrected chi connectivity index (χ4v) is 2.77. The fraction of sp³-hybridized carbons (Fsp3) is 0.500. The lowest BCUT2D eigenvalue weighted by Crippen LogP contribution is -2.44. The van der Waals surface area contributed by atoms with Crippen molar-refractivity contribution in [3.63, 3.8) is 0 Å². The van der Waals surface area contributed by atoms with E-state index >= 15 is 0 Å². The van der Waals surface area contributed by atoms with Gasteiger partial charge in [-0.25, -0.2) is 4.79 Å². The molecule has 17 heavy (non-hydrogen) atoms. The van der Waals surface area contributed by atoms with Gasteiger partial charge in [0.25, 0.3) is 0 Å². The molecule has 0 N–H and O–H groups in total. The summed E-state index contributed by atoms with van der Waals surface area (Å²) >= 11 is 0. The number of carbonyl (C=O) groups excluding carboxylic acids is 1. The summed E-state index contributed by atoms with van der Waals surface area (Å²) in [7, 11) is 0. The van der Waals surface area contributed by atoms with Gasteiger partial charge in [0.05, 0.1) is 0 Å². The lowest BCUT2D eigenvalue weighted by Gasteiger charge is -2.32. The maximum Gasteiger partial charge on any atom is 0.320 e. The molecule has 3 heteroatoms. The predicted molar refractivity (Wildman–Crippen MR) is 66.8 cm³/mol. The van der Waals surface area contributed by atoms with Gasteiger partial charge in [0.1, 0.15) is 0 Å². The summed E-state index contributed by atoms with van der Waals surface area (Å²) in [5.41, 5.74) is 2.71. The normalized spacial score (nSPS) is 19.3. The Morgan fingerprint density at radius 2 is 1.65 bits per heavy atom. The van der Waals surface area contributed by atoms with E-state index in [9.17, 15) is 4.79 Å². The van der Waals surface area contributed by atoms with Gasteiger partial charge in [-0.2, -0.15) is 0 Å². The summed E-state index contributed by atoms with van der Waals surface area (Å²) in [4.78, 5) is 16.2. The summed E-state index contributed by atoms with van der Waals surface area (Å²) in [5.74, 6) is 0. The molecule has 2 heterocycles. The highest BCUT2D eigenvalue weighted by atomic mass is 16.2. The van der Waals surface area contributed by atoms with E-state index < -0.39 is 0 Å². The van der Waals surface area contributed by atoms with E-state index in [1.165, 1.54) is 11.1 Å². The van der Waals surface area contributed by atoms with Gasteiger partial charge in [-0.3, -0.25) is 0 Å². The van der Waals surface area contributed by atoms with Gasteiger partial charge >= 0.3 is 6.03 Å². The van der Waals surface area contributed by atoms with Crippen LogP contribution in [0.2, 0.25) is 0 Å². The third-order valence-electron chi connectivity index (χ3n) is 3.78. The smallest absolute Gasteiger partial charge is 0.320 e. The standard InChI is InChI=1S/C14H18N2O/c17-14(15-8-3-4-9-15)16-10-7-12-5-1-2-6-13(12)11-16/h1-2,5-6H,3-4,7-11H2. The van der Waals surface area contributed by atoms with Crippen LogP contribution in [0.3, 0.4) is 0 Å². The summed E-state index contributed by atoms with van der Waals surface area (Å²) in [6.45, 7) is 3.53. The number of carbonyl (C=O) groups is 1. The molecule has 1 aromatic rings. The van der Waals surface area contributed by atoms with Gasteiger partial charge in [0.2, 0.25) is 0 Å². The number of nitrogens with zero attached hydrogens (tertiary/aromatic N) is 2. The quantitative estimate of drug-likeness (QED) is 0.670. The highest BCUT2D eigenvalue weighted by Gasteiger charge is 2.26. The monoisotopic (exact) mass is 230 g/mol. The molecule has 0 atom stereocenters. The van der Waals surface area contributed by atoms with Crippen molar-refractivity contribution >= 4 is 6.03 Å². The highest BCUT2D eigenvalue weighted by molar-refractivity contribution is 5.75. The second kappa shape index (κ2) is 4.40. The van der Waals surface area contributed by atoms with Crippen LogP contribution in [-0.2, 0) is 13.0 Å². The Bertz CT molecular complexity index is 424. The Labute approximate surface area is 102 Å². The third kappa shape index (κ3) is 2.02. The minimum atomic E-state index is 0.233. The van der Waals surface area contributed by atoms with Crippen LogP contribution in [0, 0.1) is 0 Å². The molecular weight excluding hydrogens is 212 g/mol. The molecule has 0 radical (unpaired) electrons. The number of hydrogen-bond donors (Lipinski definition) is 0. The first-order chi connectivity index (χ1) is 8.34. The van der Waals surface area contributed by atoms with E-state index in [0.717, 1.165) is 45.4 Å². The summed E-state index contributed by atoms with van der Waals surface area (Å²) < 4.78 is 0. The lowest BCUT2D eigenvalue weighted by atomic mass is 10.0. The number of benzene rings is 1. The number of rotatable bonds is 0. The van der Waals surface area contributed by atoms with Crippen LogP contribution in [0.15, 0.2) is 24.3 Å². The van der Waals surface area contributed by atoms with Gasteiger partial charge in [-0.05, 0) is 30.4 Å². The fourth-order valence-electron chi connectivity index (χ4n) is 2.77. The molecule has 2 aliphatic rings. The molecule has 0 aliphatic carbocycles. The van der Waals surface area contributed by atoms with E-state index in [2.05, 4.69) is 24.3 Å². The number of fused-ring (bicyclic) bond motifs is 1. The summed E-state index contributed by atoms with van der Waals surface area (Å²) in [6.07, 6.45) is 3.32. The van der Waals surface area contributed by atoms with E-state index in [4.69, 9.17) is 0 Å². The molecule has 2 aliphatic heterocycles. The molecular formula is C14H18N2O. The van der Waals surface area contributed by atoms with E-state index in [1.54, 1.807) is 0 Å². The third-order valence-corrected chi connectivity index (χ3v) is 3.78. The molecule has 0 aromatic heterocycles. The first kappa shape index (κ1) is 10.6. The average Bonchev–Trinajstić information content (AvgIpc) is 2.91. The maximum atomic E-state index is 12.3. The summed E-state index contributed by atoms with van der Waals surface area (Å²) in [6, 6.07) is 8.68. The van der Waals surface area contributed by atoms with Gasteiger partial charge in [-0.1, -0.05) is 24.3 Å². The minimum absolute atomic E-state index is 0.233. The van der Waals surface area contributed by atoms with Gasteiger partial charge in [0.15, 0.2) is 0 Å². The summed E-state index contributed by atoms with van der Waals surface area (Å²) in [5, 5.41) is 0. The van der Waals surface area contributed by atoms with E-state index in [1.807, 2.05) is 9.80 Å². The van der Waals surface area contributed by atoms with Crippen molar-refractivity contribution in [2.75, 3.05) is 19.6 Å². The van der Waals surface area contributed by atoms with Crippen LogP contribution in [0.25, 0.3) is 0 Å². The number of likely N-dealkylation sites (tertiary alicyclic amines) is 1. The SMILES string of the molecule is O=C(N1CCCC1)N1CCc2ccccc2C1. The molecule has 0 spiro atoms. The van der Waals surface area contributed by atoms with Crippen molar-refractivity contribution in [1.82, 2.24) is 9.80 Å². The van der Waals surface area contributed by atoms with Crippen LogP contribution in [0.1, 0.15) is 24.0 Å². The van der Waals surface area contributed by atoms with Gasteiger partial charge < -0.3 is 9.80 Å².